The highest BCUT2D eigenvalue weighted by Crippen LogP contribution is 2.33. The Kier molecular flexibility index (Phi) is 5.70. The SMILES string of the molecule is C1=CCCC(C2=COC=C(Nc3ncc(-c4ccccc4OCc4ccncc4)o3)O2)=C1. The summed E-state index contributed by atoms with van der Waals surface area (Å²) in [5.74, 6) is 2.34. The molecule has 0 spiro atoms. The minimum Gasteiger partial charge on any atom is -0.488 e. The van der Waals surface area contributed by atoms with Crippen LogP contribution < -0.4 is 10.1 Å². The minimum atomic E-state index is 0.289. The molecule has 7 nitrogen and oxygen atoms in total. The summed E-state index contributed by atoms with van der Waals surface area (Å²) < 4.78 is 23.3. The van der Waals surface area contributed by atoms with Crippen molar-refractivity contribution in [1.29, 1.82) is 0 Å². The van der Waals surface area contributed by atoms with E-state index in [9.17, 15) is 0 Å². The van der Waals surface area contributed by atoms with E-state index in [0.717, 1.165) is 29.5 Å². The fourth-order valence-corrected chi connectivity index (χ4v) is 3.33. The third-order valence-electron chi connectivity index (χ3n) is 4.93. The van der Waals surface area contributed by atoms with Crippen molar-refractivity contribution in [2.75, 3.05) is 5.32 Å². The van der Waals surface area contributed by atoms with Crippen LogP contribution in [0.4, 0.5) is 6.01 Å². The van der Waals surface area contributed by atoms with Crippen LogP contribution in [0.5, 0.6) is 5.75 Å². The first-order valence-electron chi connectivity index (χ1n) is 10.3. The van der Waals surface area contributed by atoms with E-state index in [1.807, 2.05) is 48.6 Å². The quantitative estimate of drug-likeness (QED) is 0.519. The fourth-order valence-electron chi connectivity index (χ4n) is 3.33. The van der Waals surface area contributed by atoms with Gasteiger partial charge in [0.05, 0.1) is 11.8 Å². The van der Waals surface area contributed by atoms with Gasteiger partial charge in [0.25, 0.3) is 0 Å². The van der Waals surface area contributed by atoms with Crippen LogP contribution in [0.3, 0.4) is 0 Å². The monoisotopic (exact) mass is 427 g/mol. The molecule has 0 bridgehead atoms. The molecular weight excluding hydrogens is 406 g/mol. The number of ether oxygens (including phenoxy) is 3. The van der Waals surface area contributed by atoms with Crippen molar-refractivity contribution < 1.29 is 18.6 Å². The van der Waals surface area contributed by atoms with Crippen LogP contribution in [0, 0.1) is 0 Å². The summed E-state index contributed by atoms with van der Waals surface area (Å²) in [6, 6.07) is 11.8. The number of benzene rings is 1. The second kappa shape index (κ2) is 9.26. The van der Waals surface area contributed by atoms with Crippen LogP contribution in [0.25, 0.3) is 11.3 Å². The molecule has 0 amide bonds. The van der Waals surface area contributed by atoms with Crippen LogP contribution in [-0.2, 0) is 16.1 Å². The minimum absolute atomic E-state index is 0.289. The molecule has 7 heteroatoms. The number of rotatable bonds is 7. The van der Waals surface area contributed by atoms with E-state index in [1.54, 1.807) is 24.9 Å². The van der Waals surface area contributed by atoms with Gasteiger partial charge in [-0.1, -0.05) is 30.4 Å². The second-order valence-corrected chi connectivity index (χ2v) is 7.16. The first kappa shape index (κ1) is 19.7. The molecule has 2 aliphatic rings. The Bertz CT molecular complexity index is 1210. The van der Waals surface area contributed by atoms with Gasteiger partial charge in [0.15, 0.2) is 17.8 Å². The Morgan fingerprint density at radius 3 is 2.84 bits per heavy atom. The highest BCUT2D eigenvalue weighted by atomic mass is 16.6. The molecule has 1 aliphatic heterocycles. The van der Waals surface area contributed by atoms with Crippen LogP contribution in [0.15, 0.2) is 107 Å². The van der Waals surface area contributed by atoms with E-state index in [1.165, 1.54) is 6.26 Å². The lowest BCUT2D eigenvalue weighted by atomic mass is 10.0. The summed E-state index contributed by atoms with van der Waals surface area (Å²) in [6.45, 7) is 0.428. The molecule has 32 heavy (non-hydrogen) atoms. The van der Waals surface area contributed by atoms with Crippen molar-refractivity contribution in [2.45, 2.75) is 19.4 Å². The number of anilines is 1. The van der Waals surface area contributed by atoms with Crippen LogP contribution >= 0.6 is 0 Å². The summed E-state index contributed by atoms with van der Waals surface area (Å²) in [5, 5.41) is 3.02. The molecule has 0 radical (unpaired) electrons. The number of hydrogen-bond acceptors (Lipinski definition) is 7. The van der Waals surface area contributed by atoms with Crippen molar-refractivity contribution >= 4 is 6.01 Å². The molecule has 1 N–H and O–H groups in total. The third kappa shape index (κ3) is 4.57. The van der Waals surface area contributed by atoms with E-state index >= 15 is 0 Å². The third-order valence-corrected chi connectivity index (χ3v) is 4.93. The van der Waals surface area contributed by atoms with Crippen LogP contribution in [0.1, 0.15) is 18.4 Å². The highest BCUT2D eigenvalue weighted by molar-refractivity contribution is 5.65. The Hall–Kier alpha value is -4.26. The lowest BCUT2D eigenvalue weighted by Gasteiger charge is -2.19. The number of para-hydroxylation sites is 1. The zero-order valence-electron chi connectivity index (χ0n) is 17.2. The Morgan fingerprint density at radius 2 is 1.97 bits per heavy atom. The smallest absolute Gasteiger partial charge is 0.302 e. The van der Waals surface area contributed by atoms with E-state index < -0.39 is 0 Å². The molecule has 0 atom stereocenters. The van der Waals surface area contributed by atoms with E-state index in [0.29, 0.717) is 29.8 Å². The molecule has 1 aromatic carbocycles. The molecule has 3 heterocycles. The van der Waals surface area contributed by atoms with Crippen molar-refractivity contribution in [3.05, 3.63) is 109 Å². The van der Waals surface area contributed by atoms with E-state index in [2.05, 4.69) is 21.4 Å². The summed E-state index contributed by atoms with van der Waals surface area (Å²) in [5.41, 5.74) is 2.91. The standard InChI is InChI=1S/C25H21N3O4/c1-2-6-19(7-3-1)23-16-29-17-24(31-23)28-25-27-14-22(32-25)20-8-4-5-9-21(20)30-15-18-10-12-26-13-11-18/h1-2,4-6,8-14,16-17H,3,7,15H2,(H,27,28). The van der Waals surface area contributed by atoms with Crippen molar-refractivity contribution in [1.82, 2.24) is 9.97 Å². The predicted octanol–water partition coefficient (Wildman–Crippen LogP) is 5.69. The lowest BCUT2D eigenvalue weighted by molar-refractivity contribution is 0.232. The van der Waals surface area contributed by atoms with Gasteiger partial charge in [-0.25, -0.2) is 4.98 Å². The molecule has 0 fully saturated rings. The second-order valence-electron chi connectivity index (χ2n) is 7.16. The van der Waals surface area contributed by atoms with Crippen LogP contribution in [-0.4, -0.2) is 9.97 Å². The summed E-state index contributed by atoms with van der Waals surface area (Å²) >= 11 is 0. The van der Waals surface area contributed by atoms with Crippen molar-refractivity contribution in [3.8, 4) is 17.1 Å². The van der Waals surface area contributed by atoms with Gasteiger partial charge >= 0.3 is 6.01 Å². The number of oxazole rings is 1. The molecule has 160 valence electrons. The molecule has 2 aromatic heterocycles. The summed E-state index contributed by atoms with van der Waals surface area (Å²) in [7, 11) is 0. The molecule has 5 rings (SSSR count). The van der Waals surface area contributed by atoms with Gasteiger partial charge in [-0.3, -0.25) is 10.3 Å². The topological polar surface area (TPSA) is 78.6 Å². The zero-order chi connectivity index (χ0) is 21.6. The Labute approximate surface area is 185 Å². The number of allylic oxidation sites excluding steroid dienone is 4. The predicted molar refractivity (Wildman–Crippen MR) is 119 cm³/mol. The van der Waals surface area contributed by atoms with Crippen molar-refractivity contribution in [2.24, 2.45) is 0 Å². The maximum atomic E-state index is 6.01. The maximum Gasteiger partial charge on any atom is 0.302 e. The van der Waals surface area contributed by atoms with Gasteiger partial charge in [-0.05, 0) is 48.2 Å². The average Bonchev–Trinajstić information content (AvgIpc) is 3.32. The van der Waals surface area contributed by atoms with Gasteiger partial charge in [-0.15, -0.1) is 0 Å². The highest BCUT2D eigenvalue weighted by Gasteiger charge is 2.18. The number of nitrogens with one attached hydrogen (secondary N) is 1. The van der Waals surface area contributed by atoms with E-state index in [-0.39, 0.29) is 6.01 Å². The number of nitrogens with zero attached hydrogens (tertiary/aromatic N) is 2. The van der Waals surface area contributed by atoms with Gasteiger partial charge in [-0.2, -0.15) is 0 Å². The van der Waals surface area contributed by atoms with Gasteiger partial charge in [0, 0.05) is 12.4 Å². The van der Waals surface area contributed by atoms with E-state index in [4.69, 9.17) is 18.6 Å². The first-order chi connectivity index (χ1) is 15.8. The fraction of sp³-hybridized carbons (Fsp3) is 0.120. The van der Waals surface area contributed by atoms with Crippen molar-refractivity contribution in [3.63, 3.8) is 0 Å². The zero-order valence-corrected chi connectivity index (χ0v) is 17.2. The van der Waals surface area contributed by atoms with Crippen LogP contribution in [0.2, 0.25) is 0 Å². The molecular formula is C25H21N3O4. The Morgan fingerprint density at radius 1 is 1.06 bits per heavy atom. The molecule has 0 saturated heterocycles. The maximum absolute atomic E-state index is 6.01. The normalized spacial score (nSPS) is 15.1. The van der Waals surface area contributed by atoms with Gasteiger partial charge in [0.2, 0.25) is 5.88 Å². The largest absolute Gasteiger partial charge is 0.488 e. The first-order valence-corrected chi connectivity index (χ1v) is 10.3. The summed E-state index contributed by atoms with van der Waals surface area (Å²) in [4.78, 5) is 8.35. The summed E-state index contributed by atoms with van der Waals surface area (Å²) in [6.07, 6.45) is 16.2. The molecule has 1 aliphatic carbocycles. The molecule has 3 aromatic rings. The average molecular weight is 427 g/mol. The van der Waals surface area contributed by atoms with Gasteiger partial charge in [0.1, 0.15) is 18.6 Å². The molecule has 0 unspecified atom stereocenters. The number of aromatic nitrogens is 2. The lowest BCUT2D eigenvalue weighted by Crippen LogP contribution is -2.10. The molecule has 0 saturated carbocycles. The Balaban J connectivity index is 1.27. The van der Waals surface area contributed by atoms with Gasteiger partial charge < -0.3 is 18.6 Å². The number of hydrogen-bond donors (Lipinski definition) is 1. The number of pyridine rings is 1.